The number of halogens is 1. The van der Waals surface area contributed by atoms with Crippen LogP contribution in [0.4, 0.5) is 4.39 Å². The lowest BCUT2D eigenvalue weighted by Gasteiger charge is -1.96. The molecule has 1 N–H and O–H groups in total. The van der Waals surface area contributed by atoms with Crippen LogP contribution in [-0.2, 0) is 6.54 Å². The largest absolute Gasteiger partial charge is 0.478 e. The number of aromatic carboxylic acids is 1. The number of hydrogen-bond acceptors (Lipinski definition) is 2. The van der Waals surface area contributed by atoms with Crippen LogP contribution in [0.2, 0.25) is 0 Å². The molecule has 0 saturated heterocycles. The molecule has 0 atom stereocenters. The highest BCUT2D eigenvalue weighted by molar-refractivity contribution is 5.86. The van der Waals surface area contributed by atoms with Crippen molar-refractivity contribution in [2.24, 2.45) is 0 Å². The zero-order valence-corrected chi connectivity index (χ0v) is 8.88. The van der Waals surface area contributed by atoms with Gasteiger partial charge < -0.3 is 5.11 Å². The van der Waals surface area contributed by atoms with Gasteiger partial charge in [0.2, 0.25) is 0 Å². The number of rotatable bonds is 3. The number of aromatic nitrogens is 2. The van der Waals surface area contributed by atoms with E-state index in [1.165, 1.54) is 24.4 Å². The van der Waals surface area contributed by atoms with Gasteiger partial charge in [0.1, 0.15) is 12.0 Å². The van der Waals surface area contributed by atoms with Gasteiger partial charge in [-0.3, -0.25) is 0 Å². The highest BCUT2D eigenvalue weighted by Gasteiger charge is 2.08. The third-order valence-electron chi connectivity index (χ3n) is 2.28. The predicted octanol–water partition coefficient (Wildman–Crippen LogP) is 1.25. The summed E-state index contributed by atoms with van der Waals surface area (Å²) in [6.45, 7) is 0.472. The second-order valence-electron chi connectivity index (χ2n) is 3.54. The van der Waals surface area contributed by atoms with Gasteiger partial charge in [-0.2, -0.15) is 0 Å². The standard InChI is InChI=1S/C12H9FN2O2/c13-11-3-1-9(2-4-11)8-15-6-5-10(7-14-15)12(16)17/h1-7H,8H2/p+1. The molecule has 2 aromatic rings. The first kappa shape index (κ1) is 11.2. The van der Waals surface area contributed by atoms with Crippen molar-refractivity contribution < 1.29 is 19.0 Å². The molecule has 1 aromatic heterocycles. The summed E-state index contributed by atoms with van der Waals surface area (Å²) >= 11 is 0. The van der Waals surface area contributed by atoms with E-state index in [-0.39, 0.29) is 11.4 Å². The summed E-state index contributed by atoms with van der Waals surface area (Å²) in [6.07, 6.45) is 2.86. The van der Waals surface area contributed by atoms with Crippen LogP contribution < -0.4 is 4.68 Å². The van der Waals surface area contributed by atoms with Gasteiger partial charge in [-0.1, -0.05) is 4.68 Å². The monoisotopic (exact) mass is 233 g/mol. The number of hydrogen-bond donors (Lipinski definition) is 1. The Morgan fingerprint density at radius 1 is 1.29 bits per heavy atom. The molecule has 4 nitrogen and oxygen atoms in total. The van der Waals surface area contributed by atoms with E-state index in [1.54, 1.807) is 23.0 Å². The maximum absolute atomic E-state index is 12.7. The fourth-order valence-corrected chi connectivity index (χ4v) is 1.38. The summed E-state index contributed by atoms with van der Waals surface area (Å²) in [7, 11) is 0. The van der Waals surface area contributed by atoms with Gasteiger partial charge in [0.15, 0.2) is 12.7 Å². The first-order valence-corrected chi connectivity index (χ1v) is 4.98. The molecular weight excluding hydrogens is 223 g/mol. The lowest BCUT2D eigenvalue weighted by Crippen LogP contribution is -2.38. The lowest BCUT2D eigenvalue weighted by molar-refractivity contribution is -0.746. The second-order valence-corrected chi connectivity index (χ2v) is 3.54. The molecule has 0 aliphatic carbocycles. The third-order valence-corrected chi connectivity index (χ3v) is 2.28. The van der Waals surface area contributed by atoms with Crippen molar-refractivity contribution in [3.8, 4) is 0 Å². The van der Waals surface area contributed by atoms with E-state index < -0.39 is 5.97 Å². The van der Waals surface area contributed by atoms with Crippen LogP contribution in [0.1, 0.15) is 15.9 Å². The van der Waals surface area contributed by atoms with E-state index in [0.29, 0.717) is 6.54 Å². The second kappa shape index (κ2) is 4.69. The van der Waals surface area contributed by atoms with E-state index >= 15 is 0 Å². The molecule has 0 bridgehead atoms. The zero-order valence-electron chi connectivity index (χ0n) is 8.88. The molecule has 0 aliphatic rings. The molecule has 0 saturated carbocycles. The van der Waals surface area contributed by atoms with E-state index in [9.17, 15) is 9.18 Å². The van der Waals surface area contributed by atoms with Gasteiger partial charge in [0.05, 0.1) is 5.56 Å². The fraction of sp³-hybridized carbons (Fsp3) is 0.0833. The van der Waals surface area contributed by atoms with E-state index in [0.717, 1.165) is 5.56 Å². The molecule has 0 fully saturated rings. The maximum Gasteiger partial charge on any atom is 0.337 e. The lowest BCUT2D eigenvalue weighted by atomic mass is 10.2. The molecule has 86 valence electrons. The van der Waals surface area contributed by atoms with E-state index in [1.807, 2.05) is 0 Å². The summed E-state index contributed by atoms with van der Waals surface area (Å²) in [4.78, 5) is 10.6. The van der Waals surface area contributed by atoms with Crippen LogP contribution in [-0.4, -0.2) is 16.2 Å². The molecular formula is C12H10FN2O2+. The average Bonchev–Trinajstić information content (AvgIpc) is 2.33. The van der Waals surface area contributed by atoms with E-state index in [2.05, 4.69) is 5.10 Å². The average molecular weight is 233 g/mol. The number of benzene rings is 1. The van der Waals surface area contributed by atoms with Gasteiger partial charge in [-0.15, -0.1) is 0 Å². The van der Waals surface area contributed by atoms with Gasteiger partial charge in [-0.05, 0) is 29.4 Å². The number of carboxylic acid groups (broad SMARTS) is 1. The number of carboxylic acids is 1. The quantitative estimate of drug-likeness (QED) is 0.812. The molecule has 2 rings (SSSR count). The van der Waals surface area contributed by atoms with E-state index in [4.69, 9.17) is 5.11 Å². The van der Waals surface area contributed by atoms with Crippen molar-refractivity contribution in [2.45, 2.75) is 6.54 Å². The Balaban J connectivity index is 2.13. The minimum absolute atomic E-state index is 0.139. The molecule has 0 aliphatic heterocycles. The topological polar surface area (TPSA) is 54.1 Å². The molecule has 17 heavy (non-hydrogen) atoms. The van der Waals surface area contributed by atoms with Gasteiger partial charge in [-0.25, -0.2) is 9.18 Å². The Labute approximate surface area is 97.0 Å². The number of carbonyl (C=O) groups is 1. The summed E-state index contributed by atoms with van der Waals surface area (Å²) in [5.41, 5.74) is 1.03. The van der Waals surface area contributed by atoms with Gasteiger partial charge in [0.25, 0.3) is 0 Å². The first-order valence-electron chi connectivity index (χ1n) is 4.98. The molecule has 0 radical (unpaired) electrons. The maximum atomic E-state index is 12.7. The fourth-order valence-electron chi connectivity index (χ4n) is 1.38. The zero-order chi connectivity index (χ0) is 12.3. The normalized spacial score (nSPS) is 10.2. The highest BCUT2D eigenvalue weighted by Crippen LogP contribution is 2.01. The van der Waals surface area contributed by atoms with Crippen molar-refractivity contribution in [1.29, 1.82) is 0 Å². The van der Waals surface area contributed by atoms with Crippen LogP contribution in [0.5, 0.6) is 0 Å². The molecule has 0 amide bonds. The molecule has 1 aromatic carbocycles. The van der Waals surface area contributed by atoms with Crippen molar-refractivity contribution in [3.63, 3.8) is 0 Å². The van der Waals surface area contributed by atoms with Gasteiger partial charge in [0, 0.05) is 11.6 Å². The Hall–Kier alpha value is -2.30. The number of nitrogens with zero attached hydrogens (tertiary/aromatic N) is 2. The Bertz CT molecular complexity index is 523. The summed E-state index contributed by atoms with van der Waals surface area (Å²) < 4.78 is 14.3. The molecule has 0 unspecified atom stereocenters. The van der Waals surface area contributed by atoms with Crippen molar-refractivity contribution in [2.75, 3.05) is 0 Å². The molecule has 5 heteroatoms. The minimum Gasteiger partial charge on any atom is -0.478 e. The van der Waals surface area contributed by atoms with Crippen molar-refractivity contribution >= 4 is 5.97 Å². The van der Waals surface area contributed by atoms with Crippen molar-refractivity contribution in [1.82, 2.24) is 5.10 Å². The Morgan fingerprint density at radius 2 is 2.00 bits per heavy atom. The summed E-state index contributed by atoms with van der Waals surface area (Å²) in [6, 6.07) is 7.55. The minimum atomic E-state index is -1.01. The van der Waals surface area contributed by atoms with Crippen LogP contribution in [0.25, 0.3) is 0 Å². The summed E-state index contributed by atoms with van der Waals surface area (Å²) in [5, 5.41) is 12.7. The smallest absolute Gasteiger partial charge is 0.337 e. The highest BCUT2D eigenvalue weighted by atomic mass is 19.1. The van der Waals surface area contributed by atoms with Crippen LogP contribution in [0.15, 0.2) is 42.7 Å². The first-order chi connectivity index (χ1) is 8.15. The molecule has 0 spiro atoms. The predicted molar refractivity (Wildman–Crippen MR) is 56.9 cm³/mol. The molecule has 1 heterocycles. The van der Waals surface area contributed by atoms with Crippen LogP contribution in [0.3, 0.4) is 0 Å². The summed E-state index contributed by atoms with van der Waals surface area (Å²) in [5.74, 6) is -1.29. The van der Waals surface area contributed by atoms with Crippen LogP contribution in [0, 0.1) is 5.82 Å². The van der Waals surface area contributed by atoms with Gasteiger partial charge >= 0.3 is 5.97 Å². The van der Waals surface area contributed by atoms with Crippen molar-refractivity contribution in [3.05, 3.63) is 59.7 Å². The SMILES string of the molecule is O=C(O)c1cc[n+](Cc2ccc(F)cc2)nc1. The van der Waals surface area contributed by atoms with Crippen LogP contribution >= 0.6 is 0 Å². The Morgan fingerprint density at radius 3 is 2.53 bits per heavy atom. The Kier molecular flexibility index (Phi) is 3.09. The third kappa shape index (κ3) is 2.84.